The molecule has 0 radical (unpaired) electrons. The van der Waals surface area contributed by atoms with Gasteiger partial charge >= 0.3 is 0 Å². The fourth-order valence-corrected chi connectivity index (χ4v) is 3.72. The molecule has 0 spiro atoms. The molecule has 0 rings (SSSR count). The van der Waals surface area contributed by atoms with Crippen molar-refractivity contribution in [1.29, 1.82) is 0 Å². The van der Waals surface area contributed by atoms with Crippen molar-refractivity contribution in [2.75, 3.05) is 25.6 Å². The third-order valence-corrected chi connectivity index (χ3v) is 5.47. The van der Waals surface area contributed by atoms with Crippen LogP contribution in [-0.2, 0) is 10.0 Å². The van der Waals surface area contributed by atoms with Crippen molar-refractivity contribution in [2.45, 2.75) is 18.6 Å². The van der Waals surface area contributed by atoms with E-state index in [2.05, 4.69) is 0 Å². The predicted molar refractivity (Wildman–Crippen MR) is 70.8 cm³/mol. The molecule has 0 saturated carbocycles. The molecule has 0 heterocycles. The summed E-state index contributed by atoms with van der Waals surface area (Å²) in [6.07, 6.45) is 2.35. The van der Waals surface area contributed by atoms with Crippen LogP contribution in [0.2, 0.25) is 0 Å². The molecule has 0 fully saturated rings. The van der Waals surface area contributed by atoms with Crippen LogP contribution >= 0.6 is 24.0 Å². The van der Waals surface area contributed by atoms with Crippen LogP contribution in [-0.4, -0.2) is 48.6 Å². The number of thioether (sulfide) groups is 1. The highest BCUT2D eigenvalue weighted by molar-refractivity contribution is 7.98. The molecule has 15 heavy (non-hydrogen) atoms. The SMILES string of the molecule is CCC(C(N)=S)S(=O)(=O)N(C)CCSC. The van der Waals surface area contributed by atoms with Crippen LogP contribution in [0.3, 0.4) is 0 Å². The zero-order valence-corrected chi connectivity index (χ0v) is 11.7. The highest BCUT2D eigenvalue weighted by Gasteiger charge is 2.30. The molecule has 90 valence electrons. The third kappa shape index (κ3) is 4.26. The maximum atomic E-state index is 12.0. The van der Waals surface area contributed by atoms with Gasteiger partial charge in [0.25, 0.3) is 0 Å². The molecule has 0 aliphatic rings. The molecule has 0 aliphatic carbocycles. The largest absolute Gasteiger partial charge is 0.392 e. The number of sulfonamides is 1. The van der Waals surface area contributed by atoms with Gasteiger partial charge in [0, 0.05) is 19.3 Å². The van der Waals surface area contributed by atoms with Gasteiger partial charge in [-0.3, -0.25) is 0 Å². The summed E-state index contributed by atoms with van der Waals surface area (Å²) in [6, 6.07) is 0. The highest BCUT2D eigenvalue weighted by Crippen LogP contribution is 2.11. The van der Waals surface area contributed by atoms with Crippen molar-refractivity contribution in [1.82, 2.24) is 4.31 Å². The molecule has 2 N–H and O–H groups in total. The summed E-state index contributed by atoms with van der Waals surface area (Å²) in [5.74, 6) is 0.767. The second-order valence-corrected chi connectivity index (χ2v) is 6.84. The lowest BCUT2D eigenvalue weighted by Gasteiger charge is -2.22. The number of hydrogen-bond donors (Lipinski definition) is 1. The molecule has 0 aromatic carbocycles. The molecular formula is C8H18N2O2S3. The maximum absolute atomic E-state index is 12.0. The van der Waals surface area contributed by atoms with Crippen LogP contribution in [0.25, 0.3) is 0 Å². The number of nitrogens with zero attached hydrogens (tertiary/aromatic N) is 1. The van der Waals surface area contributed by atoms with Crippen LogP contribution in [0.5, 0.6) is 0 Å². The van der Waals surface area contributed by atoms with Crippen LogP contribution in [0, 0.1) is 0 Å². The van der Waals surface area contributed by atoms with Crippen molar-refractivity contribution >= 4 is 39.0 Å². The van der Waals surface area contributed by atoms with E-state index in [0.717, 1.165) is 5.75 Å². The summed E-state index contributed by atoms with van der Waals surface area (Å²) >= 11 is 6.37. The Morgan fingerprint density at radius 3 is 2.47 bits per heavy atom. The van der Waals surface area contributed by atoms with E-state index in [1.165, 1.54) is 4.31 Å². The second-order valence-electron chi connectivity index (χ2n) is 3.16. The smallest absolute Gasteiger partial charge is 0.223 e. The highest BCUT2D eigenvalue weighted by atomic mass is 32.2. The average Bonchev–Trinajstić information content (AvgIpc) is 2.13. The summed E-state index contributed by atoms with van der Waals surface area (Å²) in [4.78, 5) is 0.0495. The predicted octanol–water partition coefficient (Wildman–Crippen LogP) is 0.676. The van der Waals surface area contributed by atoms with Gasteiger partial charge < -0.3 is 5.73 Å². The topological polar surface area (TPSA) is 63.4 Å². The van der Waals surface area contributed by atoms with Gasteiger partial charge in [0.1, 0.15) is 5.25 Å². The summed E-state index contributed by atoms with van der Waals surface area (Å²) in [5.41, 5.74) is 5.42. The quantitative estimate of drug-likeness (QED) is 0.689. The zero-order valence-electron chi connectivity index (χ0n) is 9.26. The van der Waals surface area contributed by atoms with E-state index < -0.39 is 15.3 Å². The van der Waals surface area contributed by atoms with Crippen LogP contribution in [0.15, 0.2) is 0 Å². The molecule has 1 atom stereocenters. The molecule has 4 nitrogen and oxygen atoms in total. The fraction of sp³-hybridized carbons (Fsp3) is 0.875. The van der Waals surface area contributed by atoms with E-state index in [-0.39, 0.29) is 4.99 Å². The number of thiocarbonyl (C=S) groups is 1. The molecule has 0 aromatic rings. The Kier molecular flexibility index (Phi) is 6.74. The van der Waals surface area contributed by atoms with Crippen molar-refractivity contribution in [3.05, 3.63) is 0 Å². The van der Waals surface area contributed by atoms with Gasteiger partial charge in [-0.2, -0.15) is 11.8 Å². The minimum absolute atomic E-state index is 0.0495. The first-order chi connectivity index (χ1) is 6.87. The van der Waals surface area contributed by atoms with Gasteiger partial charge in [-0.25, -0.2) is 12.7 Å². The van der Waals surface area contributed by atoms with E-state index in [9.17, 15) is 8.42 Å². The zero-order chi connectivity index (χ0) is 12.1. The Hall–Kier alpha value is 0.150. The van der Waals surface area contributed by atoms with E-state index >= 15 is 0 Å². The van der Waals surface area contributed by atoms with E-state index in [1.54, 1.807) is 25.7 Å². The second kappa shape index (κ2) is 6.67. The van der Waals surface area contributed by atoms with Crippen LogP contribution in [0.1, 0.15) is 13.3 Å². The summed E-state index contributed by atoms with van der Waals surface area (Å²) in [6.45, 7) is 2.26. The lowest BCUT2D eigenvalue weighted by atomic mass is 10.3. The Morgan fingerprint density at radius 1 is 1.60 bits per heavy atom. The van der Waals surface area contributed by atoms with Crippen molar-refractivity contribution < 1.29 is 8.42 Å². The van der Waals surface area contributed by atoms with Gasteiger partial charge in [0.2, 0.25) is 10.0 Å². The van der Waals surface area contributed by atoms with Crippen molar-refractivity contribution in [2.24, 2.45) is 5.73 Å². The van der Waals surface area contributed by atoms with Crippen molar-refractivity contribution in [3.63, 3.8) is 0 Å². The minimum Gasteiger partial charge on any atom is -0.392 e. The van der Waals surface area contributed by atoms with Crippen LogP contribution < -0.4 is 5.73 Å². The van der Waals surface area contributed by atoms with Gasteiger partial charge in [0.05, 0.1) is 4.99 Å². The van der Waals surface area contributed by atoms with Crippen molar-refractivity contribution in [3.8, 4) is 0 Å². The lowest BCUT2D eigenvalue weighted by molar-refractivity contribution is 0.483. The first kappa shape index (κ1) is 15.2. The number of nitrogens with two attached hydrogens (primary N) is 1. The molecule has 0 aromatic heterocycles. The van der Waals surface area contributed by atoms with E-state index in [4.69, 9.17) is 18.0 Å². The first-order valence-corrected chi connectivity index (χ1v) is 7.91. The molecule has 1 unspecified atom stereocenters. The first-order valence-electron chi connectivity index (χ1n) is 4.61. The molecule has 0 saturated heterocycles. The molecule has 0 bridgehead atoms. The minimum atomic E-state index is -3.37. The van der Waals surface area contributed by atoms with Gasteiger partial charge in [-0.15, -0.1) is 0 Å². The Bertz CT molecular complexity index is 303. The molecule has 7 heteroatoms. The molecule has 0 amide bonds. The number of hydrogen-bond acceptors (Lipinski definition) is 4. The Morgan fingerprint density at radius 2 is 2.13 bits per heavy atom. The fourth-order valence-electron chi connectivity index (χ4n) is 1.12. The Labute approximate surface area is 102 Å². The van der Waals surface area contributed by atoms with Gasteiger partial charge in [0.15, 0.2) is 0 Å². The monoisotopic (exact) mass is 270 g/mol. The summed E-state index contributed by atoms with van der Waals surface area (Å²) in [5, 5.41) is -0.737. The van der Waals surface area contributed by atoms with Crippen LogP contribution in [0.4, 0.5) is 0 Å². The summed E-state index contributed by atoms with van der Waals surface area (Å²) < 4.78 is 25.2. The van der Waals surface area contributed by atoms with Gasteiger partial charge in [-0.05, 0) is 12.7 Å². The standard InChI is InChI=1S/C8H18N2O2S3/c1-4-7(8(9)13)15(11,12)10(2)5-6-14-3/h7H,4-6H2,1-3H3,(H2,9,13). The third-order valence-electron chi connectivity index (χ3n) is 2.09. The summed E-state index contributed by atoms with van der Waals surface area (Å²) in [7, 11) is -1.81. The normalized spacial score (nSPS) is 14.1. The maximum Gasteiger partial charge on any atom is 0.223 e. The Balaban J connectivity index is 4.71. The van der Waals surface area contributed by atoms with Gasteiger partial charge in [-0.1, -0.05) is 19.1 Å². The molecule has 0 aliphatic heterocycles. The lowest BCUT2D eigenvalue weighted by Crippen LogP contribution is -2.43. The average molecular weight is 270 g/mol. The molecular weight excluding hydrogens is 252 g/mol. The number of rotatable bonds is 7. The van der Waals surface area contributed by atoms with E-state index in [1.807, 2.05) is 6.26 Å². The van der Waals surface area contributed by atoms with E-state index in [0.29, 0.717) is 13.0 Å².